The minimum absolute atomic E-state index is 0.385. The first-order valence-corrected chi connectivity index (χ1v) is 6.55. The third kappa shape index (κ3) is 2.84. The zero-order valence-electron chi connectivity index (χ0n) is 11.1. The highest BCUT2D eigenvalue weighted by atomic mass is 15.4. The Morgan fingerprint density at radius 2 is 2.35 bits per heavy atom. The van der Waals surface area contributed by atoms with E-state index in [0.717, 1.165) is 32.0 Å². The molecule has 1 fully saturated rings. The molecule has 96 valence electrons. The van der Waals surface area contributed by atoms with Crippen LogP contribution < -0.4 is 5.32 Å². The van der Waals surface area contributed by atoms with Crippen LogP contribution in [0.25, 0.3) is 0 Å². The molecule has 2 rings (SSSR count). The monoisotopic (exact) mass is 237 g/mol. The van der Waals surface area contributed by atoms with Crippen LogP contribution in [0.15, 0.2) is 6.33 Å². The minimum Gasteiger partial charge on any atom is -0.314 e. The van der Waals surface area contributed by atoms with E-state index >= 15 is 0 Å². The number of piperazine rings is 1. The molecule has 1 N–H and O–H groups in total. The molecule has 0 amide bonds. The summed E-state index contributed by atoms with van der Waals surface area (Å²) >= 11 is 0. The SMILES string of the molecule is CCC1CNCCN1Cc1ncnn1C(C)C. The highest BCUT2D eigenvalue weighted by Crippen LogP contribution is 2.13. The molecule has 1 atom stereocenters. The Hall–Kier alpha value is -0.940. The molecule has 0 saturated carbocycles. The fraction of sp³-hybridized carbons (Fsp3) is 0.833. The van der Waals surface area contributed by atoms with Gasteiger partial charge in [-0.1, -0.05) is 6.92 Å². The zero-order valence-corrected chi connectivity index (χ0v) is 11.1. The second kappa shape index (κ2) is 5.60. The Balaban J connectivity index is 2.05. The highest BCUT2D eigenvalue weighted by Gasteiger charge is 2.22. The normalized spacial score (nSPS) is 22.2. The second-order valence-corrected chi connectivity index (χ2v) is 4.95. The predicted octanol–water partition coefficient (Wildman–Crippen LogP) is 1.04. The van der Waals surface area contributed by atoms with Gasteiger partial charge in [-0.15, -0.1) is 0 Å². The first-order valence-electron chi connectivity index (χ1n) is 6.55. The van der Waals surface area contributed by atoms with Crippen molar-refractivity contribution in [1.82, 2.24) is 25.0 Å². The van der Waals surface area contributed by atoms with Crippen molar-refractivity contribution in [1.29, 1.82) is 0 Å². The van der Waals surface area contributed by atoms with Gasteiger partial charge in [-0.25, -0.2) is 9.67 Å². The molecule has 1 aromatic heterocycles. The van der Waals surface area contributed by atoms with Crippen molar-refractivity contribution in [3.63, 3.8) is 0 Å². The van der Waals surface area contributed by atoms with Gasteiger partial charge >= 0.3 is 0 Å². The number of aromatic nitrogens is 3. The molecular weight excluding hydrogens is 214 g/mol. The molecule has 1 unspecified atom stereocenters. The Labute approximate surface area is 103 Å². The van der Waals surface area contributed by atoms with Gasteiger partial charge in [-0.2, -0.15) is 5.10 Å². The summed E-state index contributed by atoms with van der Waals surface area (Å²) in [6, 6.07) is 1.01. The van der Waals surface area contributed by atoms with Crippen LogP contribution in [-0.4, -0.2) is 45.3 Å². The molecule has 2 heterocycles. The summed E-state index contributed by atoms with van der Waals surface area (Å²) in [4.78, 5) is 6.90. The maximum absolute atomic E-state index is 4.39. The van der Waals surface area contributed by atoms with Gasteiger partial charge in [0, 0.05) is 31.7 Å². The van der Waals surface area contributed by atoms with Gasteiger partial charge in [0.25, 0.3) is 0 Å². The van der Waals surface area contributed by atoms with E-state index in [1.165, 1.54) is 6.42 Å². The van der Waals surface area contributed by atoms with Gasteiger partial charge in [-0.05, 0) is 20.3 Å². The van der Waals surface area contributed by atoms with E-state index in [-0.39, 0.29) is 0 Å². The molecule has 0 bridgehead atoms. The van der Waals surface area contributed by atoms with Crippen LogP contribution in [0.2, 0.25) is 0 Å². The standard InChI is InChI=1S/C12H23N5/c1-4-11-7-13-5-6-16(11)8-12-14-9-15-17(12)10(2)3/h9-11,13H,4-8H2,1-3H3. The van der Waals surface area contributed by atoms with Crippen LogP contribution in [0.4, 0.5) is 0 Å². The summed E-state index contributed by atoms with van der Waals surface area (Å²) in [7, 11) is 0. The molecule has 0 spiro atoms. The van der Waals surface area contributed by atoms with E-state index in [9.17, 15) is 0 Å². The van der Waals surface area contributed by atoms with Gasteiger partial charge in [0.1, 0.15) is 12.2 Å². The second-order valence-electron chi connectivity index (χ2n) is 4.95. The molecule has 0 aromatic carbocycles. The molecule has 5 heteroatoms. The number of rotatable bonds is 4. The van der Waals surface area contributed by atoms with Gasteiger partial charge in [-0.3, -0.25) is 4.90 Å². The lowest BCUT2D eigenvalue weighted by molar-refractivity contribution is 0.142. The summed E-state index contributed by atoms with van der Waals surface area (Å²) in [6.07, 6.45) is 2.85. The van der Waals surface area contributed by atoms with Crippen molar-refractivity contribution in [2.45, 2.75) is 45.8 Å². The predicted molar refractivity (Wildman–Crippen MR) is 67.8 cm³/mol. The summed E-state index contributed by atoms with van der Waals surface area (Å²) in [5.74, 6) is 1.08. The van der Waals surface area contributed by atoms with Crippen molar-refractivity contribution < 1.29 is 0 Å². The molecule has 17 heavy (non-hydrogen) atoms. The average Bonchev–Trinajstić information content (AvgIpc) is 2.78. The zero-order chi connectivity index (χ0) is 12.3. The van der Waals surface area contributed by atoms with Crippen LogP contribution in [0.5, 0.6) is 0 Å². The van der Waals surface area contributed by atoms with E-state index in [2.05, 4.69) is 41.1 Å². The molecule has 1 aliphatic heterocycles. The van der Waals surface area contributed by atoms with Crippen LogP contribution in [-0.2, 0) is 6.54 Å². The Kier molecular flexibility index (Phi) is 4.12. The number of hydrogen-bond acceptors (Lipinski definition) is 4. The maximum Gasteiger partial charge on any atom is 0.141 e. The van der Waals surface area contributed by atoms with Gasteiger partial charge < -0.3 is 5.32 Å². The first kappa shape index (κ1) is 12.5. The number of nitrogens with zero attached hydrogens (tertiary/aromatic N) is 4. The Bertz CT molecular complexity index is 346. The van der Waals surface area contributed by atoms with Crippen molar-refractivity contribution in [2.24, 2.45) is 0 Å². The smallest absolute Gasteiger partial charge is 0.141 e. The minimum atomic E-state index is 0.385. The summed E-state index contributed by atoms with van der Waals surface area (Å²) < 4.78 is 2.02. The fourth-order valence-electron chi connectivity index (χ4n) is 2.41. The number of nitrogens with one attached hydrogen (secondary N) is 1. The average molecular weight is 237 g/mol. The summed E-state index contributed by atoms with van der Waals surface area (Å²) in [5.41, 5.74) is 0. The van der Waals surface area contributed by atoms with E-state index in [4.69, 9.17) is 0 Å². The van der Waals surface area contributed by atoms with Gasteiger partial charge in [0.05, 0.1) is 6.54 Å². The first-order chi connectivity index (χ1) is 8.22. The summed E-state index contributed by atoms with van der Waals surface area (Å²) in [6.45, 7) is 10.7. The number of hydrogen-bond donors (Lipinski definition) is 1. The molecule has 0 aliphatic carbocycles. The Morgan fingerprint density at radius 1 is 1.53 bits per heavy atom. The summed E-state index contributed by atoms with van der Waals surface area (Å²) in [5, 5.41) is 7.74. The van der Waals surface area contributed by atoms with Gasteiger partial charge in [0.2, 0.25) is 0 Å². The van der Waals surface area contributed by atoms with Crippen LogP contribution >= 0.6 is 0 Å². The van der Waals surface area contributed by atoms with Crippen molar-refractivity contribution in [3.05, 3.63) is 12.2 Å². The van der Waals surface area contributed by atoms with Crippen LogP contribution in [0.1, 0.15) is 39.1 Å². The van der Waals surface area contributed by atoms with Gasteiger partial charge in [0.15, 0.2) is 0 Å². The maximum atomic E-state index is 4.39. The third-order valence-electron chi connectivity index (χ3n) is 3.42. The lowest BCUT2D eigenvalue weighted by atomic mass is 10.1. The Morgan fingerprint density at radius 3 is 3.06 bits per heavy atom. The fourth-order valence-corrected chi connectivity index (χ4v) is 2.41. The van der Waals surface area contributed by atoms with E-state index in [1.807, 2.05) is 4.68 Å². The molecule has 5 nitrogen and oxygen atoms in total. The third-order valence-corrected chi connectivity index (χ3v) is 3.42. The lowest BCUT2D eigenvalue weighted by Gasteiger charge is -2.35. The van der Waals surface area contributed by atoms with Crippen molar-refractivity contribution >= 4 is 0 Å². The van der Waals surface area contributed by atoms with Crippen molar-refractivity contribution in [2.75, 3.05) is 19.6 Å². The molecule has 0 radical (unpaired) electrons. The van der Waals surface area contributed by atoms with E-state index < -0.39 is 0 Å². The van der Waals surface area contributed by atoms with E-state index in [1.54, 1.807) is 6.33 Å². The van der Waals surface area contributed by atoms with Crippen LogP contribution in [0.3, 0.4) is 0 Å². The topological polar surface area (TPSA) is 46.0 Å². The molecule has 1 aromatic rings. The largest absolute Gasteiger partial charge is 0.314 e. The molecule has 1 aliphatic rings. The van der Waals surface area contributed by atoms with E-state index in [0.29, 0.717) is 12.1 Å². The molecular formula is C12H23N5. The van der Waals surface area contributed by atoms with Crippen molar-refractivity contribution in [3.8, 4) is 0 Å². The molecule has 1 saturated heterocycles. The highest BCUT2D eigenvalue weighted by molar-refractivity contribution is 4.90. The lowest BCUT2D eigenvalue weighted by Crippen LogP contribution is -2.50. The van der Waals surface area contributed by atoms with Crippen LogP contribution in [0, 0.1) is 0 Å². The quantitative estimate of drug-likeness (QED) is 0.850.